The lowest BCUT2D eigenvalue weighted by Crippen LogP contribution is -2.19. The molecule has 0 unspecified atom stereocenters. The fraction of sp³-hybridized carbons (Fsp3) is 0.259. The maximum absolute atomic E-state index is 13.6. The van der Waals surface area contributed by atoms with E-state index in [-0.39, 0.29) is 11.6 Å². The molecule has 9 nitrogen and oxygen atoms in total. The molecule has 0 spiro atoms. The van der Waals surface area contributed by atoms with Gasteiger partial charge in [-0.1, -0.05) is 25.0 Å². The van der Waals surface area contributed by atoms with Crippen LogP contribution in [-0.4, -0.2) is 40.4 Å². The predicted molar refractivity (Wildman–Crippen MR) is 143 cm³/mol. The van der Waals surface area contributed by atoms with E-state index < -0.39 is 6.03 Å². The number of carbonyl (C=O) groups excluding carboxylic acids is 2. The maximum Gasteiger partial charge on any atom is 0.323 e. The van der Waals surface area contributed by atoms with Gasteiger partial charge in [-0.15, -0.1) is 0 Å². The van der Waals surface area contributed by atoms with Crippen LogP contribution in [0.4, 0.5) is 27.7 Å². The van der Waals surface area contributed by atoms with Gasteiger partial charge in [-0.3, -0.25) is 4.79 Å². The minimum atomic E-state index is -0.396. The average Bonchev–Trinajstić information content (AvgIpc) is 3.53. The molecule has 0 saturated heterocycles. The second-order valence-electron chi connectivity index (χ2n) is 9.28. The summed E-state index contributed by atoms with van der Waals surface area (Å²) in [7, 11) is 3.91. The van der Waals surface area contributed by atoms with E-state index in [1.807, 2.05) is 49.5 Å². The first-order valence-corrected chi connectivity index (χ1v) is 12.0. The number of amides is 2. The van der Waals surface area contributed by atoms with Crippen LogP contribution in [0.3, 0.4) is 0 Å². The second kappa shape index (κ2) is 9.69. The van der Waals surface area contributed by atoms with Gasteiger partial charge in [0, 0.05) is 49.0 Å². The Bertz CT molecular complexity index is 1420. The van der Waals surface area contributed by atoms with Crippen molar-refractivity contribution in [1.29, 1.82) is 0 Å². The van der Waals surface area contributed by atoms with Crippen LogP contribution in [0.2, 0.25) is 0 Å². The third kappa shape index (κ3) is 4.59. The SMILES string of the molecule is CN(C)c1ccc(NC(=O)Nc2cccc(C(=O)c3cn(C4CCCC4)c4ncnc(N)c34)c2)cc1. The monoisotopic (exact) mass is 483 g/mol. The molecular weight excluding hydrogens is 454 g/mol. The summed E-state index contributed by atoms with van der Waals surface area (Å²) >= 11 is 0. The number of carbonyl (C=O) groups is 2. The number of hydrogen-bond acceptors (Lipinski definition) is 6. The van der Waals surface area contributed by atoms with Crippen molar-refractivity contribution in [2.24, 2.45) is 0 Å². The molecule has 9 heteroatoms. The van der Waals surface area contributed by atoms with E-state index in [1.165, 1.54) is 6.33 Å². The van der Waals surface area contributed by atoms with Crippen LogP contribution in [0, 0.1) is 0 Å². The Morgan fingerprint density at radius 3 is 2.44 bits per heavy atom. The third-order valence-electron chi connectivity index (χ3n) is 6.63. The summed E-state index contributed by atoms with van der Waals surface area (Å²) in [5.74, 6) is 0.0932. The molecule has 0 aliphatic heterocycles. The Labute approximate surface area is 209 Å². The largest absolute Gasteiger partial charge is 0.383 e. The van der Waals surface area contributed by atoms with Crippen molar-refractivity contribution >= 4 is 45.7 Å². The topological polar surface area (TPSA) is 118 Å². The molecule has 0 bridgehead atoms. The number of hydrogen-bond donors (Lipinski definition) is 3. The van der Waals surface area contributed by atoms with Crippen LogP contribution in [0.15, 0.2) is 61.1 Å². The number of nitrogens with two attached hydrogens (primary N) is 1. The standard InChI is InChI=1S/C27H29N7O2/c1-33(2)20-12-10-18(11-13-20)31-27(36)32-19-7-5-6-17(14-19)24(35)22-15-34(21-8-3-4-9-21)26-23(22)25(28)29-16-30-26/h5-7,10-16,21H,3-4,8-9H2,1-2H3,(H2,28,29,30)(H2,31,32,36). The summed E-state index contributed by atoms with van der Waals surface area (Å²) in [6, 6.07) is 14.3. The van der Waals surface area contributed by atoms with Crippen LogP contribution in [0.1, 0.15) is 47.6 Å². The van der Waals surface area contributed by atoms with Gasteiger partial charge in [-0.2, -0.15) is 0 Å². The van der Waals surface area contributed by atoms with Crippen LogP contribution in [-0.2, 0) is 0 Å². The zero-order valence-corrected chi connectivity index (χ0v) is 20.4. The lowest BCUT2D eigenvalue weighted by Gasteiger charge is -2.13. The van der Waals surface area contributed by atoms with E-state index in [0.29, 0.717) is 39.6 Å². The van der Waals surface area contributed by atoms with Crippen LogP contribution in [0.5, 0.6) is 0 Å². The smallest absolute Gasteiger partial charge is 0.323 e. The quantitative estimate of drug-likeness (QED) is 0.330. The van der Waals surface area contributed by atoms with Crippen molar-refractivity contribution in [2.75, 3.05) is 35.4 Å². The van der Waals surface area contributed by atoms with Gasteiger partial charge in [0.2, 0.25) is 0 Å². The van der Waals surface area contributed by atoms with E-state index in [1.54, 1.807) is 24.3 Å². The predicted octanol–water partition coefficient (Wildman–Crippen LogP) is 5.07. The van der Waals surface area contributed by atoms with Gasteiger partial charge in [0.1, 0.15) is 17.8 Å². The molecule has 0 radical (unpaired) electrons. The molecule has 1 aliphatic rings. The van der Waals surface area contributed by atoms with Gasteiger partial charge >= 0.3 is 6.03 Å². The molecule has 4 aromatic rings. The Morgan fingerprint density at radius 2 is 1.72 bits per heavy atom. The Morgan fingerprint density at radius 1 is 1.00 bits per heavy atom. The number of aromatic nitrogens is 3. The third-order valence-corrected chi connectivity index (χ3v) is 6.63. The molecule has 36 heavy (non-hydrogen) atoms. The lowest BCUT2D eigenvalue weighted by atomic mass is 10.0. The van der Waals surface area contributed by atoms with Crippen molar-refractivity contribution in [3.63, 3.8) is 0 Å². The van der Waals surface area contributed by atoms with E-state index in [9.17, 15) is 9.59 Å². The fourth-order valence-electron chi connectivity index (χ4n) is 4.77. The highest BCUT2D eigenvalue weighted by Crippen LogP contribution is 2.35. The summed E-state index contributed by atoms with van der Waals surface area (Å²) in [4.78, 5) is 36.7. The number of nitrogens with zero attached hydrogens (tertiary/aromatic N) is 4. The van der Waals surface area contributed by atoms with E-state index in [0.717, 1.165) is 31.4 Å². The molecule has 2 aromatic carbocycles. The number of nitrogen functional groups attached to an aromatic ring is 1. The molecule has 2 heterocycles. The van der Waals surface area contributed by atoms with Crippen molar-refractivity contribution in [1.82, 2.24) is 14.5 Å². The van der Waals surface area contributed by atoms with Gasteiger partial charge in [-0.05, 0) is 49.2 Å². The number of anilines is 4. The number of urea groups is 1. The first-order valence-electron chi connectivity index (χ1n) is 12.0. The molecule has 184 valence electrons. The fourth-order valence-corrected chi connectivity index (χ4v) is 4.77. The molecule has 1 aliphatic carbocycles. The van der Waals surface area contributed by atoms with Gasteiger partial charge < -0.3 is 25.8 Å². The van der Waals surface area contributed by atoms with Crippen molar-refractivity contribution in [3.8, 4) is 0 Å². The van der Waals surface area contributed by atoms with Crippen LogP contribution < -0.4 is 21.3 Å². The maximum atomic E-state index is 13.6. The van der Waals surface area contributed by atoms with Gasteiger partial charge in [-0.25, -0.2) is 14.8 Å². The normalized spacial score (nSPS) is 13.6. The van der Waals surface area contributed by atoms with Crippen LogP contribution in [0.25, 0.3) is 11.0 Å². The zero-order valence-electron chi connectivity index (χ0n) is 20.4. The lowest BCUT2D eigenvalue weighted by molar-refractivity contribution is 0.104. The summed E-state index contributed by atoms with van der Waals surface area (Å²) in [6.07, 6.45) is 7.71. The van der Waals surface area contributed by atoms with Gasteiger partial charge in [0.05, 0.1) is 10.9 Å². The van der Waals surface area contributed by atoms with Gasteiger partial charge in [0.25, 0.3) is 0 Å². The summed E-state index contributed by atoms with van der Waals surface area (Å²) < 4.78 is 2.07. The molecule has 1 saturated carbocycles. The molecular formula is C27H29N7O2. The van der Waals surface area contributed by atoms with Gasteiger partial charge in [0.15, 0.2) is 5.78 Å². The highest BCUT2D eigenvalue weighted by Gasteiger charge is 2.25. The number of nitrogens with one attached hydrogen (secondary N) is 2. The summed E-state index contributed by atoms with van der Waals surface area (Å²) in [5, 5.41) is 6.19. The average molecular weight is 484 g/mol. The van der Waals surface area contributed by atoms with Crippen molar-refractivity contribution in [3.05, 3.63) is 72.2 Å². The Kier molecular flexibility index (Phi) is 6.28. The molecule has 2 amide bonds. The van der Waals surface area contributed by atoms with Crippen molar-refractivity contribution < 1.29 is 9.59 Å². The zero-order chi connectivity index (χ0) is 25.2. The highest BCUT2D eigenvalue weighted by atomic mass is 16.2. The summed E-state index contributed by atoms with van der Waals surface area (Å²) in [5.41, 5.74) is 10.0. The number of ketones is 1. The van der Waals surface area contributed by atoms with Crippen molar-refractivity contribution in [2.45, 2.75) is 31.7 Å². The molecule has 5 rings (SSSR count). The minimum Gasteiger partial charge on any atom is -0.383 e. The highest BCUT2D eigenvalue weighted by molar-refractivity contribution is 6.18. The second-order valence-corrected chi connectivity index (χ2v) is 9.28. The first kappa shape index (κ1) is 23.3. The van der Waals surface area contributed by atoms with Crippen LogP contribution >= 0.6 is 0 Å². The molecule has 2 aromatic heterocycles. The number of rotatable bonds is 6. The Balaban J connectivity index is 1.37. The molecule has 0 atom stereocenters. The van der Waals surface area contributed by atoms with E-state index in [4.69, 9.17) is 5.73 Å². The first-order chi connectivity index (χ1) is 17.4. The molecule has 1 fully saturated rings. The minimum absolute atomic E-state index is 0.193. The van der Waals surface area contributed by atoms with E-state index in [2.05, 4.69) is 25.2 Å². The van der Waals surface area contributed by atoms with E-state index >= 15 is 0 Å². The number of fused-ring (bicyclic) bond motifs is 1. The number of benzene rings is 2. The Hall–Kier alpha value is -4.40. The molecule has 4 N–H and O–H groups in total. The summed E-state index contributed by atoms with van der Waals surface area (Å²) in [6.45, 7) is 0.